The molecule has 0 fully saturated rings. The molecule has 0 bridgehead atoms. The number of nitrogens with one attached hydrogen (secondary N) is 1. The first-order chi connectivity index (χ1) is 21.7. The van der Waals surface area contributed by atoms with E-state index in [9.17, 15) is 24.6 Å². The number of hydrogen-bond acceptors (Lipinski definition) is 9. The van der Waals surface area contributed by atoms with E-state index in [0.29, 0.717) is 33.9 Å². The molecule has 0 unspecified atom stereocenters. The highest BCUT2D eigenvalue weighted by molar-refractivity contribution is 5.91. The number of methoxy groups -OCH3 is 2. The predicted octanol–water partition coefficient (Wildman–Crippen LogP) is 6.11. The smallest absolute Gasteiger partial charge is 0.306 e. The summed E-state index contributed by atoms with van der Waals surface area (Å²) in [5.41, 5.74) is 2.00. The normalized spacial score (nSPS) is 11.5. The number of aromatic hydroxyl groups is 2. The summed E-state index contributed by atoms with van der Waals surface area (Å²) in [5.74, 6) is -1.16. The van der Waals surface area contributed by atoms with E-state index in [-0.39, 0.29) is 47.0 Å². The lowest BCUT2D eigenvalue weighted by Crippen LogP contribution is -2.13. The molecule has 10 nitrogen and oxygen atoms in total. The highest BCUT2D eigenvalue weighted by Crippen LogP contribution is 2.43. The van der Waals surface area contributed by atoms with E-state index in [4.69, 9.17) is 18.6 Å². The van der Waals surface area contributed by atoms with Crippen molar-refractivity contribution < 1.29 is 38.4 Å². The summed E-state index contributed by atoms with van der Waals surface area (Å²) in [6, 6.07) is 23.4. The lowest BCUT2D eigenvalue weighted by Gasteiger charge is -2.22. The minimum absolute atomic E-state index is 0.0550. The zero-order valence-corrected chi connectivity index (χ0v) is 24.8. The maximum absolute atomic E-state index is 13.3. The number of phenolic OH excluding ortho intramolecular Hbond substituents is 2. The van der Waals surface area contributed by atoms with Gasteiger partial charge in [-0.05, 0) is 42.0 Å². The van der Waals surface area contributed by atoms with Gasteiger partial charge in [-0.3, -0.25) is 14.4 Å². The summed E-state index contributed by atoms with van der Waals surface area (Å²) in [4.78, 5) is 37.3. The summed E-state index contributed by atoms with van der Waals surface area (Å²) in [6.07, 6.45) is -0.222. The van der Waals surface area contributed by atoms with Gasteiger partial charge in [-0.15, -0.1) is 0 Å². The van der Waals surface area contributed by atoms with Crippen LogP contribution in [0.2, 0.25) is 0 Å². The van der Waals surface area contributed by atoms with Gasteiger partial charge in [0, 0.05) is 47.4 Å². The molecule has 0 radical (unpaired) electrons. The van der Waals surface area contributed by atoms with Gasteiger partial charge in [0.05, 0.1) is 20.6 Å². The molecule has 0 saturated carbocycles. The van der Waals surface area contributed by atoms with Crippen molar-refractivity contribution in [3.8, 4) is 34.3 Å². The van der Waals surface area contributed by atoms with Crippen LogP contribution in [0.5, 0.6) is 23.0 Å². The number of amides is 1. The van der Waals surface area contributed by atoms with Crippen molar-refractivity contribution in [1.29, 1.82) is 0 Å². The number of hydrogen-bond donors (Lipinski definition) is 3. The first kappa shape index (κ1) is 30.7. The van der Waals surface area contributed by atoms with Gasteiger partial charge in [-0.1, -0.05) is 36.4 Å². The Labute approximate surface area is 258 Å². The molecule has 1 heterocycles. The third-order valence-corrected chi connectivity index (χ3v) is 7.28. The monoisotopic (exact) mass is 609 g/mol. The van der Waals surface area contributed by atoms with Crippen LogP contribution in [0, 0.1) is 0 Å². The van der Waals surface area contributed by atoms with E-state index < -0.39 is 23.1 Å². The quantitative estimate of drug-likeness (QED) is 0.160. The Balaban J connectivity index is 1.61. The number of anilines is 1. The second kappa shape index (κ2) is 13.3. The van der Waals surface area contributed by atoms with Crippen LogP contribution in [-0.4, -0.2) is 36.3 Å². The van der Waals surface area contributed by atoms with Crippen LogP contribution in [0.1, 0.15) is 36.0 Å². The SMILES string of the molecule is COC(=O)C[C@@H](c1ccc(OC)c(COc2ccc(NC(C)=O)cc2)c1)c1c(O)cc(O)c2c(=O)cc(-c3ccccc3)oc12. The van der Waals surface area contributed by atoms with Crippen LogP contribution in [0.15, 0.2) is 94.1 Å². The minimum atomic E-state index is -0.865. The Morgan fingerprint density at radius 2 is 1.64 bits per heavy atom. The molecule has 0 aliphatic carbocycles. The van der Waals surface area contributed by atoms with Gasteiger partial charge < -0.3 is 34.2 Å². The number of phenols is 2. The molecule has 0 aliphatic rings. The van der Waals surface area contributed by atoms with E-state index in [1.54, 1.807) is 66.7 Å². The van der Waals surface area contributed by atoms with Crippen molar-refractivity contribution in [3.63, 3.8) is 0 Å². The lowest BCUT2D eigenvalue weighted by atomic mass is 9.85. The average Bonchev–Trinajstić information content (AvgIpc) is 3.03. The summed E-state index contributed by atoms with van der Waals surface area (Å²) in [5, 5.41) is 24.5. The van der Waals surface area contributed by atoms with Crippen LogP contribution < -0.4 is 20.2 Å². The Morgan fingerprint density at radius 1 is 0.911 bits per heavy atom. The molecule has 1 amide bonds. The van der Waals surface area contributed by atoms with E-state index in [0.717, 1.165) is 6.07 Å². The van der Waals surface area contributed by atoms with Crippen LogP contribution in [0.25, 0.3) is 22.3 Å². The van der Waals surface area contributed by atoms with E-state index in [1.165, 1.54) is 27.2 Å². The summed E-state index contributed by atoms with van der Waals surface area (Å²) >= 11 is 0. The van der Waals surface area contributed by atoms with Gasteiger partial charge in [0.25, 0.3) is 0 Å². The molecule has 230 valence electrons. The Bertz CT molecular complexity index is 1910. The van der Waals surface area contributed by atoms with Crippen molar-refractivity contribution in [1.82, 2.24) is 0 Å². The van der Waals surface area contributed by atoms with Crippen molar-refractivity contribution in [2.45, 2.75) is 25.9 Å². The minimum Gasteiger partial charge on any atom is -0.507 e. The second-order valence-corrected chi connectivity index (χ2v) is 10.3. The number of carbonyl (C=O) groups is 2. The van der Waals surface area contributed by atoms with E-state index in [2.05, 4.69) is 5.32 Å². The standard InChI is InChI=1S/C35H31NO9/c1-20(37)36-24-10-12-25(13-11-24)44-19-23-15-22(9-14-30(23)42-2)26(16-32(41)43-3)33-27(38)17-28(39)34-29(40)18-31(45-35(33)34)21-7-5-4-6-8-21/h4-15,17-18,26,38-39H,16,19H2,1-3H3,(H,36,37)/t26-/m0/s1. The van der Waals surface area contributed by atoms with Crippen molar-refractivity contribution in [3.05, 3.63) is 112 Å². The van der Waals surface area contributed by atoms with Crippen LogP contribution in [0.3, 0.4) is 0 Å². The largest absolute Gasteiger partial charge is 0.507 e. The Hall–Kier alpha value is -5.77. The van der Waals surface area contributed by atoms with Gasteiger partial charge in [-0.2, -0.15) is 0 Å². The van der Waals surface area contributed by atoms with Crippen LogP contribution in [0.4, 0.5) is 5.69 Å². The number of esters is 1. The molecule has 0 saturated heterocycles. The van der Waals surface area contributed by atoms with Gasteiger partial charge in [0.1, 0.15) is 46.3 Å². The highest BCUT2D eigenvalue weighted by Gasteiger charge is 2.29. The number of fused-ring (bicyclic) bond motifs is 1. The predicted molar refractivity (Wildman–Crippen MR) is 168 cm³/mol. The molecule has 10 heteroatoms. The molecular formula is C35H31NO9. The van der Waals surface area contributed by atoms with Gasteiger partial charge in [0.2, 0.25) is 5.91 Å². The van der Waals surface area contributed by atoms with Crippen molar-refractivity contribution in [2.75, 3.05) is 19.5 Å². The fraction of sp³-hybridized carbons (Fsp3) is 0.171. The third-order valence-electron chi connectivity index (χ3n) is 7.28. The number of ether oxygens (including phenoxy) is 3. The molecule has 0 spiro atoms. The summed E-state index contributed by atoms with van der Waals surface area (Å²) in [7, 11) is 2.78. The number of carbonyl (C=O) groups excluding carboxylic acids is 2. The summed E-state index contributed by atoms with van der Waals surface area (Å²) < 4.78 is 22.8. The first-order valence-electron chi connectivity index (χ1n) is 14.0. The molecule has 1 atom stereocenters. The molecule has 4 aromatic carbocycles. The first-order valence-corrected chi connectivity index (χ1v) is 14.0. The molecule has 45 heavy (non-hydrogen) atoms. The molecule has 1 aromatic heterocycles. The maximum Gasteiger partial charge on any atom is 0.306 e. The molecule has 0 aliphatic heterocycles. The van der Waals surface area contributed by atoms with Crippen LogP contribution in [-0.2, 0) is 20.9 Å². The van der Waals surface area contributed by atoms with Gasteiger partial charge in [0.15, 0.2) is 5.43 Å². The second-order valence-electron chi connectivity index (χ2n) is 10.3. The van der Waals surface area contributed by atoms with Crippen LogP contribution >= 0.6 is 0 Å². The third kappa shape index (κ3) is 6.75. The number of rotatable bonds is 10. The maximum atomic E-state index is 13.3. The van der Waals surface area contributed by atoms with E-state index in [1.807, 2.05) is 6.07 Å². The van der Waals surface area contributed by atoms with Gasteiger partial charge >= 0.3 is 5.97 Å². The fourth-order valence-electron chi connectivity index (χ4n) is 5.17. The zero-order chi connectivity index (χ0) is 32.1. The van der Waals surface area contributed by atoms with Crippen molar-refractivity contribution in [2.24, 2.45) is 0 Å². The Morgan fingerprint density at radius 3 is 2.31 bits per heavy atom. The molecule has 5 aromatic rings. The topological polar surface area (TPSA) is 145 Å². The lowest BCUT2D eigenvalue weighted by molar-refractivity contribution is -0.140. The zero-order valence-electron chi connectivity index (χ0n) is 24.8. The fourth-order valence-corrected chi connectivity index (χ4v) is 5.17. The van der Waals surface area contributed by atoms with Gasteiger partial charge in [-0.25, -0.2) is 0 Å². The highest BCUT2D eigenvalue weighted by atomic mass is 16.5. The average molecular weight is 610 g/mol. The molecule has 5 rings (SSSR count). The molecule has 3 N–H and O–H groups in total. The number of benzene rings is 4. The summed E-state index contributed by atoms with van der Waals surface area (Å²) in [6.45, 7) is 1.50. The Kier molecular flexibility index (Phi) is 9.04. The van der Waals surface area contributed by atoms with Crippen molar-refractivity contribution >= 4 is 28.5 Å². The van der Waals surface area contributed by atoms with E-state index >= 15 is 0 Å². The molecular weight excluding hydrogens is 578 g/mol.